The van der Waals surface area contributed by atoms with Gasteiger partial charge in [-0.1, -0.05) is 79.4 Å². The van der Waals surface area contributed by atoms with Gasteiger partial charge in [0.25, 0.3) is 10.0 Å². The molecule has 1 fully saturated rings. The van der Waals surface area contributed by atoms with E-state index in [9.17, 15) is 18.0 Å². The fraction of sp³-hybridized carbons (Fsp3) is 0.394. The second kappa shape index (κ2) is 14.8. The summed E-state index contributed by atoms with van der Waals surface area (Å²) >= 11 is 6.32. The zero-order valence-electron chi connectivity index (χ0n) is 25.0. The second-order valence-electron chi connectivity index (χ2n) is 10.9. The van der Waals surface area contributed by atoms with Crippen LogP contribution < -0.4 is 14.4 Å². The number of halogens is 1. The van der Waals surface area contributed by atoms with Gasteiger partial charge in [0, 0.05) is 17.6 Å². The number of aryl methyl sites for hydroxylation is 1. The number of hydrogen-bond donors (Lipinski definition) is 1. The lowest BCUT2D eigenvalue weighted by Crippen LogP contribution is -2.54. The van der Waals surface area contributed by atoms with E-state index in [2.05, 4.69) is 5.32 Å². The van der Waals surface area contributed by atoms with Crippen LogP contribution in [0.1, 0.15) is 50.2 Å². The van der Waals surface area contributed by atoms with Crippen LogP contribution in [0.3, 0.4) is 0 Å². The number of carbonyl (C=O) groups is 2. The Labute approximate surface area is 260 Å². The fourth-order valence-corrected chi connectivity index (χ4v) is 7.06. The number of ether oxygens (including phenoxy) is 1. The molecule has 43 heavy (non-hydrogen) atoms. The molecule has 10 heteroatoms. The summed E-state index contributed by atoms with van der Waals surface area (Å²) in [5.74, 6) is -0.471. The van der Waals surface area contributed by atoms with Gasteiger partial charge in [-0.25, -0.2) is 8.42 Å². The van der Waals surface area contributed by atoms with Gasteiger partial charge in [0.15, 0.2) is 0 Å². The van der Waals surface area contributed by atoms with Crippen molar-refractivity contribution in [3.63, 3.8) is 0 Å². The highest BCUT2D eigenvalue weighted by Crippen LogP contribution is 2.35. The van der Waals surface area contributed by atoms with E-state index in [1.165, 1.54) is 30.2 Å². The standard InChI is InChI=1S/C33H40ClN3O5S/c1-4-29(33(39)35-27-12-8-9-13-27)36(21-20-25-10-6-5-7-11-25)32(38)23-37(30-22-26(34)16-19-31(30)42-3)43(40,41)28-17-14-24(2)15-18-28/h5-7,10-11,14-19,22,27,29H,4,8-9,12-13,20-21,23H2,1-3H3,(H,35,39)/t29-/m1/s1. The maximum absolute atomic E-state index is 14.3. The Morgan fingerprint density at radius 3 is 2.33 bits per heavy atom. The Kier molecular flexibility index (Phi) is 11.1. The van der Waals surface area contributed by atoms with E-state index in [-0.39, 0.29) is 39.8 Å². The summed E-state index contributed by atoms with van der Waals surface area (Å²) in [4.78, 5) is 29.4. The number of nitrogens with one attached hydrogen (secondary N) is 1. The Morgan fingerprint density at radius 1 is 1.02 bits per heavy atom. The molecule has 1 atom stereocenters. The average Bonchev–Trinajstić information content (AvgIpc) is 3.51. The third kappa shape index (κ3) is 8.09. The third-order valence-electron chi connectivity index (χ3n) is 7.87. The van der Waals surface area contributed by atoms with Gasteiger partial charge >= 0.3 is 0 Å². The summed E-state index contributed by atoms with van der Waals surface area (Å²) < 4.78 is 34.8. The Balaban J connectivity index is 1.72. The zero-order valence-corrected chi connectivity index (χ0v) is 26.5. The molecule has 0 aliphatic heterocycles. The van der Waals surface area contributed by atoms with E-state index in [4.69, 9.17) is 16.3 Å². The molecule has 0 unspecified atom stereocenters. The summed E-state index contributed by atoms with van der Waals surface area (Å²) in [6, 6.07) is 20.1. The molecule has 1 aliphatic rings. The van der Waals surface area contributed by atoms with Gasteiger partial charge < -0.3 is 15.0 Å². The van der Waals surface area contributed by atoms with Crippen LogP contribution in [-0.2, 0) is 26.0 Å². The highest BCUT2D eigenvalue weighted by atomic mass is 35.5. The smallest absolute Gasteiger partial charge is 0.264 e. The van der Waals surface area contributed by atoms with Crippen molar-refractivity contribution in [3.8, 4) is 5.75 Å². The monoisotopic (exact) mass is 625 g/mol. The first-order valence-electron chi connectivity index (χ1n) is 14.7. The fourth-order valence-electron chi connectivity index (χ4n) is 5.47. The summed E-state index contributed by atoms with van der Waals surface area (Å²) in [5.41, 5.74) is 2.04. The zero-order chi connectivity index (χ0) is 31.0. The Hall–Kier alpha value is -3.56. The first kappa shape index (κ1) is 32.4. The van der Waals surface area contributed by atoms with Gasteiger partial charge in [0.05, 0.1) is 17.7 Å². The van der Waals surface area contributed by atoms with Crippen molar-refractivity contribution in [1.82, 2.24) is 10.2 Å². The highest BCUT2D eigenvalue weighted by Gasteiger charge is 2.35. The van der Waals surface area contributed by atoms with Crippen LogP contribution in [0.5, 0.6) is 5.75 Å². The molecule has 1 saturated carbocycles. The lowest BCUT2D eigenvalue weighted by molar-refractivity contribution is -0.139. The van der Waals surface area contributed by atoms with Crippen LogP contribution >= 0.6 is 11.6 Å². The number of anilines is 1. The van der Waals surface area contributed by atoms with Crippen LogP contribution in [0.25, 0.3) is 0 Å². The van der Waals surface area contributed by atoms with Crippen LogP contribution in [0.15, 0.2) is 77.7 Å². The van der Waals surface area contributed by atoms with Gasteiger partial charge in [0.2, 0.25) is 11.8 Å². The van der Waals surface area contributed by atoms with E-state index in [1.807, 2.05) is 44.2 Å². The number of rotatable bonds is 13. The number of benzene rings is 3. The number of amides is 2. The van der Waals surface area contributed by atoms with Gasteiger partial charge in [-0.15, -0.1) is 0 Å². The minimum absolute atomic E-state index is 0.0229. The molecular weight excluding hydrogens is 586 g/mol. The Bertz CT molecular complexity index is 1490. The predicted molar refractivity (Wildman–Crippen MR) is 170 cm³/mol. The summed E-state index contributed by atoms with van der Waals surface area (Å²) in [6.45, 7) is 3.42. The molecule has 3 aromatic carbocycles. The molecule has 0 heterocycles. The number of nitrogens with zero attached hydrogens (tertiary/aromatic N) is 2. The minimum atomic E-state index is -4.24. The van der Waals surface area contributed by atoms with Crippen LogP contribution in [-0.4, -0.2) is 57.4 Å². The maximum atomic E-state index is 14.3. The van der Waals surface area contributed by atoms with Crippen LogP contribution in [0, 0.1) is 6.92 Å². The van der Waals surface area contributed by atoms with Crippen molar-refractivity contribution in [2.75, 3.05) is 24.5 Å². The first-order chi connectivity index (χ1) is 20.6. The molecule has 230 valence electrons. The van der Waals surface area contributed by atoms with Gasteiger partial charge in [-0.2, -0.15) is 0 Å². The summed E-state index contributed by atoms with van der Waals surface area (Å²) in [5, 5.41) is 3.42. The molecule has 0 spiro atoms. The van der Waals surface area contributed by atoms with Gasteiger partial charge in [-0.05, 0) is 68.5 Å². The number of methoxy groups -OCH3 is 1. The van der Waals surface area contributed by atoms with E-state index in [0.29, 0.717) is 12.8 Å². The predicted octanol–water partition coefficient (Wildman–Crippen LogP) is 5.76. The third-order valence-corrected chi connectivity index (χ3v) is 9.88. The molecule has 4 rings (SSSR count). The molecule has 0 saturated heterocycles. The van der Waals surface area contributed by atoms with Crippen LogP contribution in [0.4, 0.5) is 5.69 Å². The molecule has 1 aliphatic carbocycles. The molecule has 2 amide bonds. The first-order valence-corrected chi connectivity index (χ1v) is 16.5. The van der Waals surface area contributed by atoms with Crippen molar-refractivity contribution >= 4 is 39.1 Å². The molecule has 0 aromatic heterocycles. The lowest BCUT2D eigenvalue weighted by Gasteiger charge is -2.34. The van der Waals surface area contributed by atoms with Crippen molar-refractivity contribution in [1.29, 1.82) is 0 Å². The number of sulfonamides is 1. The van der Waals surface area contributed by atoms with Crippen molar-refractivity contribution < 1.29 is 22.7 Å². The van der Waals surface area contributed by atoms with E-state index < -0.39 is 28.5 Å². The lowest BCUT2D eigenvalue weighted by atomic mass is 10.1. The van der Waals surface area contributed by atoms with Crippen molar-refractivity contribution in [3.05, 3.63) is 88.9 Å². The largest absolute Gasteiger partial charge is 0.495 e. The minimum Gasteiger partial charge on any atom is -0.495 e. The van der Waals surface area contributed by atoms with E-state index in [0.717, 1.165) is 41.1 Å². The summed E-state index contributed by atoms with van der Waals surface area (Å²) in [6.07, 6.45) is 4.83. The molecule has 8 nitrogen and oxygen atoms in total. The average molecular weight is 626 g/mol. The summed E-state index contributed by atoms with van der Waals surface area (Å²) in [7, 11) is -2.81. The SMILES string of the molecule is CC[C@H](C(=O)NC1CCCC1)N(CCc1ccccc1)C(=O)CN(c1cc(Cl)ccc1OC)S(=O)(=O)c1ccc(C)cc1. The van der Waals surface area contributed by atoms with Crippen molar-refractivity contribution in [2.45, 2.75) is 69.4 Å². The quantitative estimate of drug-likeness (QED) is 0.261. The Morgan fingerprint density at radius 2 is 1.70 bits per heavy atom. The number of carbonyl (C=O) groups excluding carboxylic acids is 2. The van der Waals surface area contributed by atoms with Gasteiger partial charge in [-0.3, -0.25) is 13.9 Å². The topological polar surface area (TPSA) is 96.0 Å². The highest BCUT2D eigenvalue weighted by molar-refractivity contribution is 7.92. The number of hydrogen-bond acceptors (Lipinski definition) is 5. The molecule has 3 aromatic rings. The van der Waals surface area contributed by atoms with Gasteiger partial charge in [0.1, 0.15) is 18.3 Å². The molecular formula is C33H40ClN3O5S. The van der Waals surface area contributed by atoms with Crippen molar-refractivity contribution in [2.24, 2.45) is 0 Å². The van der Waals surface area contributed by atoms with Crippen LogP contribution in [0.2, 0.25) is 5.02 Å². The molecule has 0 radical (unpaired) electrons. The molecule has 0 bridgehead atoms. The van der Waals surface area contributed by atoms with E-state index in [1.54, 1.807) is 24.3 Å². The second-order valence-corrected chi connectivity index (χ2v) is 13.2. The maximum Gasteiger partial charge on any atom is 0.264 e. The molecule has 1 N–H and O–H groups in total. The van der Waals surface area contributed by atoms with E-state index >= 15 is 0 Å². The normalized spacial score (nSPS) is 14.2.